The van der Waals surface area contributed by atoms with Crippen molar-refractivity contribution in [2.24, 2.45) is 0 Å². The van der Waals surface area contributed by atoms with Crippen molar-refractivity contribution >= 4 is 32.3 Å². The van der Waals surface area contributed by atoms with Crippen molar-refractivity contribution in [3.8, 4) is 11.1 Å². The molecule has 3 aromatic carbocycles. The molecule has 0 unspecified atom stereocenters. The Morgan fingerprint density at radius 3 is 2.34 bits per heavy atom. The molecule has 0 saturated carbocycles. The van der Waals surface area contributed by atoms with Crippen molar-refractivity contribution in [3.63, 3.8) is 0 Å². The topological polar surface area (TPSA) is 79.0 Å². The zero-order valence-electron chi connectivity index (χ0n) is 17.2. The monoisotopic (exact) mass is 454 g/mol. The number of sulfone groups is 1. The number of rotatable bonds is 6. The molecule has 0 saturated heterocycles. The molecule has 8 heteroatoms. The van der Waals surface area contributed by atoms with E-state index in [-0.39, 0.29) is 28.3 Å². The second-order valence-corrected chi connectivity index (χ2v) is 9.61. The van der Waals surface area contributed by atoms with Crippen LogP contribution in [0.5, 0.6) is 0 Å². The molecule has 32 heavy (non-hydrogen) atoms. The lowest BCUT2D eigenvalue weighted by Crippen LogP contribution is -2.15. The molecular weight excluding hydrogens is 434 g/mol. The number of aromatic nitrogens is 1. The molecule has 1 heterocycles. The van der Waals surface area contributed by atoms with E-state index in [4.69, 9.17) is 0 Å². The minimum atomic E-state index is -3.32. The lowest BCUT2D eigenvalue weighted by molar-refractivity contribution is -0.115. The number of H-pyrrole nitrogens is 1. The van der Waals surface area contributed by atoms with Gasteiger partial charge in [-0.3, -0.25) is 4.79 Å². The van der Waals surface area contributed by atoms with Crippen LogP contribution in [0.2, 0.25) is 0 Å². The van der Waals surface area contributed by atoms with Crippen LogP contribution in [0.15, 0.2) is 71.8 Å². The van der Waals surface area contributed by atoms with Crippen molar-refractivity contribution in [1.82, 2.24) is 4.98 Å². The van der Waals surface area contributed by atoms with E-state index in [1.807, 2.05) is 6.07 Å². The number of aromatic amines is 1. The van der Waals surface area contributed by atoms with Gasteiger partial charge in [0, 0.05) is 22.8 Å². The molecule has 0 aliphatic rings. The minimum Gasteiger partial charge on any atom is -0.361 e. The summed E-state index contributed by atoms with van der Waals surface area (Å²) in [6.07, 6.45) is 1.63. The van der Waals surface area contributed by atoms with E-state index < -0.39 is 27.4 Å². The van der Waals surface area contributed by atoms with Crippen LogP contribution in [0, 0.1) is 11.6 Å². The zero-order valence-corrected chi connectivity index (χ0v) is 18.0. The number of benzene rings is 3. The lowest BCUT2D eigenvalue weighted by atomic mass is 10.00. The number of nitrogens with one attached hydrogen (secondary N) is 2. The quantitative estimate of drug-likeness (QED) is 0.426. The Labute approximate surface area is 184 Å². The second-order valence-electron chi connectivity index (χ2n) is 7.33. The number of carbonyl (C=O) groups is 1. The molecule has 0 aliphatic carbocycles. The van der Waals surface area contributed by atoms with Crippen LogP contribution in [0.3, 0.4) is 0 Å². The van der Waals surface area contributed by atoms with Crippen LogP contribution in [0.4, 0.5) is 14.5 Å². The number of halogens is 2. The van der Waals surface area contributed by atoms with Crippen LogP contribution in [0.1, 0.15) is 12.5 Å². The summed E-state index contributed by atoms with van der Waals surface area (Å²) in [4.78, 5) is 15.5. The van der Waals surface area contributed by atoms with E-state index in [0.29, 0.717) is 16.5 Å². The number of anilines is 1. The highest BCUT2D eigenvalue weighted by Crippen LogP contribution is 2.33. The van der Waals surface area contributed by atoms with Crippen molar-refractivity contribution < 1.29 is 22.0 Å². The summed E-state index contributed by atoms with van der Waals surface area (Å²) >= 11 is 0. The number of fused-ring (bicyclic) bond motifs is 1. The van der Waals surface area contributed by atoms with Crippen LogP contribution in [0.25, 0.3) is 22.0 Å². The summed E-state index contributed by atoms with van der Waals surface area (Å²) in [5.74, 6) is -2.07. The number of carbonyl (C=O) groups excluding carboxylic acids is 1. The van der Waals surface area contributed by atoms with Gasteiger partial charge in [-0.25, -0.2) is 17.2 Å². The van der Waals surface area contributed by atoms with Crippen molar-refractivity contribution in [1.29, 1.82) is 0 Å². The molecule has 164 valence electrons. The molecule has 0 atom stereocenters. The second kappa shape index (κ2) is 8.55. The van der Waals surface area contributed by atoms with Gasteiger partial charge in [0.2, 0.25) is 5.91 Å². The highest BCUT2D eigenvalue weighted by atomic mass is 32.2. The minimum absolute atomic E-state index is 0.000162. The first-order valence-corrected chi connectivity index (χ1v) is 11.6. The molecule has 1 amide bonds. The van der Waals surface area contributed by atoms with Crippen LogP contribution in [-0.4, -0.2) is 25.1 Å². The molecule has 0 radical (unpaired) electrons. The Balaban J connectivity index is 1.53. The van der Waals surface area contributed by atoms with Crippen LogP contribution >= 0.6 is 0 Å². The average Bonchev–Trinajstić information content (AvgIpc) is 3.23. The molecule has 2 N–H and O–H groups in total. The summed E-state index contributed by atoms with van der Waals surface area (Å²) in [5.41, 5.74) is 1.59. The Kier molecular flexibility index (Phi) is 5.80. The Morgan fingerprint density at radius 1 is 1.00 bits per heavy atom. The molecule has 5 nitrogen and oxygen atoms in total. The third-order valence-electron chi connectivity index (χ3n) is 5.22. The summed E-state index contributed by atoms with van der Waals surface area (Å²) in [5, 5.41) is 3.19. The Morgan fingerprint density at radius 2 is 1.69 bits per heavy atom. The maximum Gasteiger partial charge on any atom is 0.228 e. The molecule has 0 spiro atoms. The Hall–Kier alpha value is -3.52. The first-order valence-electron chi connectivity index (χ1n) is 9.95. The maximum absolute atomic E-state index is 14.8. The van der Waals surface area contributed by atoms with Gasteiger partial charge >= 0.3 is 0 Å². The predicted octanol–water partition coefficient (Wildman–Crippen LogP) is 5.09. The first kappa shape index (κ1) is 21.7. The van der Waals surface area contributed by atoms with Gasteiger partial charge in [-0.2, -0.15) is 0 Å². The predicted molar refractivity (Wildman–Crippen MR) is 120 cm³/mol. The normalized spacial score (nSPS) is 11.6. The first-order chi connectivity index (χ1) is 15.3. The zero-order chi connectivity index (χ0) is 22.9. The summed E-state index contributed by atoms with van der Waals surface area (Å²) in [7, 11) is -3.32. The molecule has 4 aromatic rings. The fourth-order valence-corrected chi connectivity index (χ4v) is 4.46. The number of amides is 1. The SMILES string of the molecule is CCS(=O)(=O)c1ccc(CC(=O)Nc2cc(F)c(-c3cccc4[nH]ccc34)c(F)c2)cc1. The van der Waals surface area contributed by atoms with Crippen molar-refractivity contribution in [2.75, 3.05) is 11.1 Å². The van der Waals surface area contributed by atoms with E-state index in [1.54, 1.807) is 43.5 Å². The van der Waals surface area contributed by atoms with E-state index >= 15 is 0 Å². The van der Waals surface area contributed by atoms with Crippen molar-refractivity contribution in [2.45, 2.75) is 18.2 Å². The van der Waals surface area contributed by atoms with Gasteiger partial charge in [0.15, 0.2) is 9.84 Å². The van der Waals surface area contributed by atoms with Gasteiger partial charge < -0.3 is 10.3 Å². The Bertz CT molecular complexity index is 1390. The van der Waals surface area contributed by atoms with Gasteiger partial charge in [-0.1, -0.05) is 31.2 Å². The highest BCUT2D eigenvalue weighted by molar-refractivity contribution is 7.91. The average molecular weight is 454 g/mol. The molecular formula is C24H20F2N2O3S. The van der Waals surface area contributed by atoms with E-state index in [9.17, 15) is 22.0 Å². The van der Waals surface area contributed by atoms with Gasteiger partial charge in [0.05, 0.1) is 22.6 Å². The number of hydrogen-bond acceptors (Lipinski definition) is 3. The lowest BCUT2D eigenvalue weighted by Gasteiger charge is -2.11. The fraction of sp³-hybridized carbons (Fsp3) is 0.125. The van der Waals surface area contributed by atoms with Crippen LogP contribution < -0.4 is 5.32 Å². The van der Waals surface area contributed by atoms with Gasteiger partial charge in [0.1, 0.15) is 11.6 Å². The van der Waals surface area contributed by atoms with Gasteiger partial charge in [-0.05, 0) is 47.5 Å². The highest BCUT2D eigenvalue weighted by Gasteiger charge is 2.17. The van der Waals surface area contributed by atoms with Gasteiger partial charge in [-0.15, -0.1) is 0 Å². The molecule has 0 bridgehead atoms. The maximum atomic E-state index is 14.8. The smallest absolute Gasteiger partial charge is 0.228 e. The molecule has 0 fully saturated rings. The summed E-state index contributed by atoms with van der Waals surface area (Å²) < 4.78 is 53.4. The van der Waals surface area contributed by atoms with Gasteiger partial charge in [0.25, 0.3) is 0 Å². The van der Waals surface area contributed by atoms with Crippen molar-refractivity contribution in [3.05, 3.63) is 84.1 Å². The standard InChI is InChI=1S/C24H20F2N2O3S/c1-2-32(30,31)17-8-6-15(7-9-17)12-23(29)28-16-13-20(25)24(21(26)14-16)19-4-3-5-22-18(19)10-11-27-22/h3-11,13-14,27H,2,12H2,1H3,(H,28,29). The fourth-order valence-electron chi connectivity index (χ4n) is 3.58. The largest absolute Gasteiger partial charge is 0.361 e. The number of hydrogen-bond donors (Lipinski definition) is 2. The molecule has 1 aromatic heterocycles. The summed E-state index contributed by atoms with van der Waals surface area (Å²) in [6, 6.07) is 15.0. The third kappa shape index (κ3) is 4.27. The summed E-state index contributed by atoms with van der Waals surface area (Å²) in [6.45, 7) is 1.55. The van der Waals surface area contributed by atoms with Crippen LogP contribution in [-0.2, 0) is 21.1 Å². The van der Waals surface area contributed by atoms with E-state index in [2.05, 4.69) is 10.3 Å². The van der Waals surface area contributed by atoms with E-state index in [1.165, 1.54) is 12.1 Å². The molecule has 0 aliphatic heterocycles. The van der Waals surface area contributed by atoms with E-state index in [0.717, 1.165) is 17.6 Å². The molecule has 4 rings (SSSR count). The third-order valence-corrected chi connectivity index (χ3v) is 6.97.